The maximum atomic E-state index is 12.5. The van der Waals surface area contributed by atoms with E-state index in [0.29, 0.717) is 12.3 Å². The number of aromatic hydroxyl groups is 1. The van der Waals surface area contributed by atoms with E-state index in [1.54, 1.807) is 0 Å². The van der Waals surface area contributed by atoms with Crippen molar-refractivity contribution in [3.63, 3.8) is 0 Å². The minimum Gasteiger partial charge on any atom is -0.502 e. The minimum atomic E-state index is -1.13. The molecule has 0 aromatic heterocycles. The highest BCUT2D eigenvalue weighted by Crippen LogP contribution is 2.39. The molecule has 0 unspecified atom stereocenters. The molecule has 18 nitrogen and oxygen atoms in total. The molecule has 0 aliphatic carbocycles. The van der Waals surface area contributed by atoms with Crippen LogP contribution in [0, 0.1) is 40.5 Å². The molecule has 2 aromatic carbocycles. The molecule has 1 saturated heterocycles. The Kier molecular flexibility index (Phi) is 7.29. The van der Waals surface area contributed by atoms with Gasteiger partial charge < -0.3 is 14.7 Å². The number of morpholine rings is 1. The maximum absolute atomic E-state index is 12.5. The largest absolute Gasteiger partial charge is 0.502 e. The first-order valence-corrected chi connectivity index (χ1v) is 9.80. The number of nitro groups is 4. The summed E-state index contributed by atoms with van der Waals surface area (Å²) in [6.07, 6.45) is 0.665. The molecule has 1 aliphatic heterocycles. The van der Waals surface area contributed by atoms with Crippen LogP contribution in [-0.4, -0.2) is 63.2 Å². The number of amides is 1. The molecular formula is C18H15N7O11. The van der Waals surface area contributed by atoms with Gasteiger partial charge in [0.2, 0.25) is 5.75 Å². The van der Waals surface area contributed by atoms with E-state index in [1.807, 2.05) is 5.43 Å². The lowest BCUT2D eigenvalue weighted by Gasteiger charge is -2.28. The number of rotatable bonds is 8. The number of non-ortho nitro benzene ring substituents is 1. The van der Waals surface area contributed by atoms with Crippen molar-refractivity contribution in [2.45, 2.75) is 0 Å². The summed E-state index contributed by atoms with van der Waals surface area (Å²) in [5.74, 6) is -2.10. The van der Waals surface area contributed by atoms with Crippen LogP contribution in [0.1, 0.15) is 15.9 Å². The van der Waals surface area contributed by atoms with Crippen molar-refractivity contribution < 1.29 is 34.3 Å². The molecule has 2 N–H and O–H groups in total. The quantitative estimate of drug-likeness (QED) is 0.295. The van der Waals surface area contributed by atoms with E-state index in [2.05, 4.69) is 5.10 Å². The Morgan fingerprint density at radius 1 is 0.917 bits per heavy atom. The van der Waals surface area contributed by atoms with Gasteiger partial charge in [-0.15, -0.1) is 0 Å². The third-order valence-corrected chi connectivity index (χ3v) is 4.93. The summed E-state index contributed by atoms with van der Waals surface area (Å²) < 4.78 is 5.16. The van der Waals surface area contributed by atoms with Gasteiger partial charge >= 0.3 is 5.69 Å². The first-order chi connectivity index (χ1) is 17.0. The summed E-state index contributed by atoms with van der Waals surface area (Å²) in [6, 6.07) is 2.92. The number of phenols is 1. The molecule has 2 aromatic rings. The first-order valence-electron chi connectivity index (χ1n) is 9.80. The van der Waals surface area contributed by atoms with E-state index in [9.17, 15) is 50.4 Å². The Morgan fingerprint density at radius 3 is 1.97 bits per heavy atom. The Bertz CT molecular complexity index is 1270. The molecule has 0 saturated carbocycles. The molecule has 0 radical (unpaired) electrons. The van der Waals surface area contributed by atoms with Crippen molar-refractivity contribution in [1.82, 2.24) is 5.43 Å². The summed E-state index contributed by atoms with van der Waals surface area (Å²) in [7, 11) is 0. The normalized spacial score (nSPS) is 13.4. The number of carbonyl (C=O) groups excluding carboxylic acids is 1. The smallest absolute Gasteiger partial charge is 0.318 e. The number of nitrogens with one attached hydrogen (secondary N) is 1. The zero-order valence-corrected chi connectivity index (χ0v) is 17.9. The van der Waals surface area contributed by atoms with Crippen LogP contribution in [0.15, 0.2) is 29.4 Å². The predicted octanol–water partition coefficient (Wildman–Crippen LogP) is 1.63. The SMILES string of the molecule is O=C(NN=Cc1cc([N+](=O)[O-])cc([N+](=O)[O-])c1O)c1cc([N+](=O)[O-])c(N2CCOCC2)c([N+](=O)[O-])c1. The van der Waals surface area contributed by atoms with Crippen molar-refractivity contribution in [3.05, 3.63) is 75.8 Å². The molecule has 18 heteroatoms. The van der Waals surface area contributed by atoms with Crippen molar-refractivity contribution in [3.8, 4) is 5.75 Å². The molecule has 188 valence electrons. The predicted molar refractivity (Wildman–Crippen MR) is 119 cm³/mol. The van der Waals surface area contributed by atoms with Gasteiger partial charge in [0.1, 0.15) is 0 Å². The van der Waals surface area contributed by atoms with Crippen molar-refractivity contribution in [2.24, 2.45) is 5.10 Å². The summed E-state index contributed by atoms with van der Waals surface area (Å²) >= 11 is 0. The lowest BCUT2D eigenvalue weighted by atomic mass is 10.1. The molecule has 0 spiro atoms. The van der Waals surface area contributed by atoms with Crippen LogP contribution in [-0.2, 0) is 4.74 Å². The minimum absolute atomic E-state index is 0.149. The first kappa shape index (κ1) is 25.4. The summed E-state index contributed by atoms with van der Waals surface area (Å²) in [5.41, 5.74) is -2.50. The molecular weight excluding hydrogens is 490 g/mol. The van der Waals surface area contributed by atoms with Gasteiger partial charge in [0.25, 0.3) is 23.0 Å². The van der Waals surface area contributed by atoms with E-state index < -0.39 is 65.2 Å². The van der Waals surface area contributed by atoms with Gasteiger partial charge in [-0.2, -0.15) is 5.10 Å². The maximum Gasteiger partial charge on any atom is 0.318 e. The number of hydrogen-bond acceptors (Lipinski definition) is 13. The monoisotopic (exact) mass is 505 g/mol. The third kappa shape index (κ3) is 5.28. The fraction of sp³-hybridized carbons (Fsp3) is 0.222. The van der Waals surface area contributed by atoms with E-state index >= 15 is 0 Å². The second-order valence-electron chi connectivity index (χ2n) is 7.09. The Morgan fingerprint density at radius 2 is 1.47 bits per heavy atom. The fourth-order valence-corrected chi connectivity index (χ4v) is 3.32. The number of carbonyl (C=O) groups is 1. The topological polar surface area (TPSA) is 247 Å². The van der Waals surface area contributed by atoms with Crippen molar-refractivity contribution in [2.75, 3.05) is 31.2 Å². The molecule has 1 fully saturated rings. The van der Waals surface area contributed by atoms with E-state index in [4.69, 9.17) is 4.74 Å². The van der Waals surface area contributed by atoms with E-state index in [0.717, 1.165) is 18.2 Å². The Hall–Kier alpha value is -5.26. The van der Waals surface area contributed by atoms with Gasteiger partial charge in [-0.1, -0.05) is 0 Å². The Balaban J connectivity index is 1.95. The Labute approximate surface area is 199 Å². The third-order valence-electron chi connectivity index (χ3n) is 4.93. The van der Waals surface area contributed by atoms with Gasteiger partial charge in [0, 0.05) is 31.3 Å². The summed E-state index contributed by atoms with van der Waals surface area (Å²) in [5, 5.41) is 58.7. The number of hydrogen-bond donors (Lipinski definition) is 2. The molecule has 0 bridgehead atoms. The number of ether oxygens (including phenoxy) is 1. The molecule has 36 heavy (non-hydrogen) atoms. The average molecular weight is 505 g/mol. The number of nitro benzene ring substituents is 4. The van der Waals surface area contributed by atoms with Crippen LogP contribution in [0.5, 0.6) is 5.75 Å². The summed E-state index contributed by atoms with van der Waals surface area (Å²) in [6.45, 7) is 0.675. The van der Waals surface area contributed by atoms with Gasteiger partial charge in [0.05, 0.1) is 56.3 Å². The number of hydrazone groups is 1. The second-order valence-corrected chi connectivity index (χ2v) is 7.09. The summed E-state index contributed by atoms with van der Waals surface area (Å²) in [4.78, 5) is 55.5. The van der Waals surface area contributed by atoms with Gasteiger partial charge in [-0.3, -0.25) is 45.3 Å². The zero-order chi connectivity index (χ0) is 26.6. The van der Waals surface area contributed by atoms with Crippen molar-refractivity contribution in [1.29, 1.82) is 0 Å². The molecule has 0 atom stereocenters. The van der Waals surface area contributed by atoms with Gasteiger partial charge in [-0.05, 0) is 0 Å². The molecule has 1 aliphatic rings. The zero-order valence-electron chi connectivity index (χ0n) is 17.9. The van der Waals surface area contributed by atoms with E-state index in [-0.39, 0.29) is 32.0 Å². The highest BCUT2D eigenvalue weighted by molar-refractivity contribution is 5.98. The highest BCUT2D eigenvalue weighted by atomic mass is 16.6. The molecule has 1 amide bonds. The van der Waals surface area contributed by atoms with Gasteiger partial charge in [0.15, 0.2) is 5.69 Å². The number of benzene rings is 2. The highest BCUT2D eigenvalue weighted by Gasteiger charge is 2.33. The lowest BCUT2D eigenvalue weighted by Crippen LogP contribution is -2.37. The van der Waals surface area contributed by atoms with Crippen LogP contribution >= 0.6 is 0 Å². The second kappa shape index (κ2) is 10.3. The van der Waals surface area contributed by atoms with Crippen LogP contribution < -0.4 is 10.3 Å². The van der Waals surface area contributed by atoms with Crippen LogP contribution in [0.3, 0.4) is 0 Å². The molecule has 1 heterocycles. The van der Waals surface area contributed by atoms with E-state index in [1.165, 1.54) is 4.90 Å². The standard InChI is InChI=1S/C18H15N7O11/c26-17-11(5-12(22(28)29)8-15(17)25(34)35)9-19-20-18(27)10-6-13(23(30)31)16(14(7-10)24(32)33)21-1-3-36-4-2-21/h5-9,26H,1-4H2,(H,20,27). The van der Waals surface area contributed by atoms with Crippen LogP contribution in [0.25, 0.3) is 0 Å². The fourth-order valence-electron chi connectivity index (χ4n) is 3.32. The number of anilines is 1. The lowest BCUT2D eigenvalue weighted by molar-refractivity contribution is -0.394. The van der Waals surface area contributed by atoms with Crippen LogP contribution in [0.4, 0.5) is 28.4 Å². The molecule has 3 rings (SSSR count). The number of nitrogens with zero attached hydrogens (tertiary/aromatic N) is 6. The van der Waals surface area contributed by atoms with Gasteiger partial charge in [-0.25, -0.2) is 5.43 Å². The van der Waals surface area contributed by atoms with Crippen molar-refractivity contribution >= 4 is 40.6 Å². The number of phenolic OH excluding ortho intramolecular Hbond substituents is 1. The average Bonchev–Trinajstić information content (AvgIpc) is 2.84. The van der Waals surface area contributed by atoms with Crippen LogP contribution in [0.2, 0.25) is 0 Å².